The summed E-state index contributed by atoms with van der Waals surface area (Å²) in [4.78, 5) is 41.0. The minimum absolute atomic E-state index is 0.0751. The molecule has 0 saturated heterocycles. The van der Waals surface area contributed by atoms with Crippen LogP contribution in [0.15, 0.2) is 29.2 Å². The van der Waals surface area contributed by atoms with Gasteiger partial charge in [-0.15, -0.1) is 20.2 Å². The molecule has 0 bridgehead atoms. The lowest BCUT2D eigenvalue weighted by Gasteiger charge is -2.13. The smallest absolute Gasteiger partial charge is 0.294 e. The molecule has 0 aliphatic carbocycles. The van der Waals surface area contributed by atoms with Gasteiger partial charge in [0.25, 0.3) is 10.2 Å². The molecule has 1 aromatic carbocycles. The van der Waals surface area contributed by atoms with Crippen LogP contribution in [-0.2, 0) is 9.68 Å². The molecule has 0 fully saturated rings. The zero-order valence-electron chi connectivity index (χ0n) is 11.4. The molecular weight excluding hydrogens is 336 g/mol. The topological polar surface area (TPSA) is 122 Å². The second-order valence-corrected chi connectivity index (χ2v) is 6.27. The number of hydrogen-bond acceptors (Lipinski definition) is 9. The maximum absolute atomic E-state index is 11.5. The normalized spacial score (nSPS) is 11.5. The van der Waals surface area contributed by atoms with Gasteiger partial charge in [0.05, 0.1) is 0 Å². The van der Waals surface area contributed by atoms with Gasteiger partial charge in [-0.05, 0) is 13.0 Å². The van der Waals surface area contributed by atoms with Crippen molar-refractivity contribution in [2.45, 2.75) is 17.9 Å². The van der Waals surface area contributed by atoms with E-state index in [1.165, 1.54) is 28.5 Å². The van der Waals surface area contributed by atoms with Gasteiger partial charge >= 0.3 is 0 Å². The van der Waals surface area contributed by atoms with Crippen LogP contribution in [0, 0.1) is 20.2 Å². The van der Waals surface area contributed by atoms with Crippen molar-refractivity contribution in [3.8, 4) is 0 Å². The maximum Gasteiger partial charge on any atom is 0.294 e. The second-order valence-electron chi connectivity index (χ2n) is 3.89. The first kappa shape index (κ1) is 18.0. The molecule has 0 aromatic heterocycles. The second kappa shape index (κ2) is 9.10. The summed E-state index contributed by atoms with van der Waals surface area (Å²) in [5.74, 6) is -0.0235. The minimum Gasteiger partial charge on any atom is -0.312 e. The number of rotatable bonds is 10. The highest BCUT2D eigenvalue weighted by Crippen LogP contribution is 2.34. The molecule has 1 atom stereocenters. The first-order valence-electron chi connectivity index (χ1n) is 5.88. The van der Waals surface area contributed by atoms with Crippen molar-refractivity contribution in [3.63, 3.8) is 0 Å². The fourth-order valence-electron chi connectivity index (χ4n) is 1.38. The Bertz CT molecular complexity index is 555. The largest absolute Gasteiger partial charge is 0.312 e. The summed E-state index contributed by atoms with van der Waals surface area (Å²) in [6, 6.07) is 6.91. The molecule has 11 heteroatoms. The average molecular weight is 348 g/mol. The highest BCUT2D eigenvalue weighted by atomic mass is 33.1. The van der Waals surface area contributed by atoms with Crippen molar-refractivity contribution in [1.29, 1.82) is 0 Å². The van der Waals surface area contributed by atoms with Crippen LogP contribution >= 0.6 is 21.6 Å². The fraction of sp³-hybridized carbons (Fsp3) is 0.364. The molecule has 120 valence electrons. The van der Waals surface area contributed by atoms with Crippen molar-refractivity contribution in [2.75, 3.05) is 12.4 Å². The summed E-state index contributed by atoms with van der Waals surface area (Å²) < 4.78 is 0. The van der Waals surface area contributed by atoms with E-state index in [1.54, 1.807) is 24.3 Å². The van der Waals surface area contributed by atoms with Crippen molar-refractivity contribution in [1.82, 2.24) is 0 Å². The third-order valence-electron chi connectivity index (χ3n) is 2.27. The monoisotopic (exact) mass is 348 g/mol. The van der Waals surface area contributed by atoms with E-state index in [0.717, 1.165) is 0 Å². The van der Waals surface area contributed by atoms with Gasteiger partial charge in [0.2, 0.25) is 0 Å². The lowest BCUT2D eigenvalue weighted by molar-refractivity contribution is -0.788. The molecule has 1 aromatic rings. The molecule has 0 heterocycles. The lowest BCUT2D eigenvalue weighted by atomic mass is 10.1. The number of nitrogens with zero attached hydrogens (tertiary/aromatic N) is 2. The Morgan fingerprint density at radius 1 is 1.27 bits per heavy atom. The van der Waals surface area contributed by atoms with Crippen molar-refractivity contribution >= 4 is 27.4 Å². The zero-order chi connectivity index (χ0) is 16.5. The predicted octanol–water partition coefficient (Wildman–Crippen LogP) is 2.41. The van der Waals surface area contributed by atoms with E-state index in [2.05, 4.69) is 9.68 Å². The molecule has 0 spiro atoms. The van der Waals surface area contributed by atoms with Gasteiger partial charge in [-0.2, -0.15) is 0 Å². The van der Waals surface area contributed by atoms with Crippen LogP contribution < -0.4 is 0 Å². The zero-order valence-corrected chi connectivity index (χ0v) is 13.0. The van der Waals surface area contributed by atoms with Crippen LogP contribution in [0.25, 0.3) is 0 Å². The molecule has 0 amide bonds. The number of carbonyl (C=O) groups excluding carboxylic acids is 1. The Hall–Kier alpha value is -2.01. The van der Waals surface area contributed by atoms with Gasteiger partial charge < -0.3 is 9.68 Å². The van der Waals surface area contributed by atoms with Crippen LogP contribution in [0.4, 0.5) is 0 Å². The van der Waals surface area contributed by atoms with Crippen LogP contribution in [0.3, 0.4) is 0 Å². The number of benzene rings is 1. The van der Waals surface area contributed by atoms with Crippen molar-refractivity contribution < 1.29 is 24.6 Å². The molecule has 1 unspecified atom stereocenters. The number of ketones is 1. The van der Waals surface area contributed by atoms with Gasteiger partial charge in [-0.1, -0.05) is 39.8 Å². The van der Waals surface area contributed by atoms with E-state index >= 15 is 0 Å². The number of carbonyl (C=O) groups is 1. The molecule has 0 radical (unpaired) electrons. The van der Waals surface area contributed by atoms with E-state index in [1.807, 2.05) is 0 Å². The Balaban J connectivity index is 2.56. The fourth-order valence-corrected chi connectivity index (χ4v) is 3.79. The summed E-state index contributed by atoms with van der Waals surface area (Å²) in [6.07, 6.45) is -1.08. The summed E-state index contributed by atoms with van der Waals surface area (Å²) in [6.45, 7) is 0.892. The highest BCUT2D eigenvalue weighted by Gasteiger charge is 2.17. The molecule has 0 N–H and O–H groups in total. The summed E-state index contributed by atoms with van der Waals surface area (Å²) >= 11 is 0. The molecule has 0 aliphatic heterocycles. The third kappa shape index (κ3) is 6.63. The lowest BCUT2D eigenvalue weighted by Crippen LogP contribution is -2.26. The Morgan fingerprint density at radius 3 is 2.55 bits per heavy atom. The Kier molecular flexibility index (Phi) is 7.46. The van der Waals surface area contributed by atoms with Gasteiger partial charge in [-0.25, -0.2) is 0 Å². The molecule has 9 nitrogen and oxygen atoms in total. The van der Waals surface area contributed by atoms with Gasteiger partial charge in [0, 0.05) is 16.2 Å². The van der Waals surface area contributed by atoms with E-state index in [9.17, 15) is 25.0 Å². The van der Waals surface area contributed by atoms with Gasteiger partial charge in [-0.3, -0.25) is 4.79 Å². The van der Waals surface area contributed by atoms with E-state index < -0.39 is 22.9 Å². The van der Waals surface area contributed by atoms with Crippen molar-refractivity contribution in [2.24, 2.45) is 0 Å². The minimum atomic E-state index is -1.08. The number of Topliss-reactive ketones (excluding diaryl/α,β-unsaturated/α-hetero) is 1. The van der Waals surface area contributed by atoms with Gasteiger partial charge in [0.1, 0.15) is 12.7 Å². The summed E-state index contributed by atoms with van der Waals surface area (Å²) in [5, 5.41) is 18.4. The highest BCUT2D eigenvalue weighted by molar-refractivity contribution is 8.76. The average Bonchev–Trinajstić information content (AvgIpc) is 2.44. The predicted molar refractivity (Wildman–Crippen MR) is 79.6 cm³/mol. The van der Waals surface area contributed by atoms with E-state index in [0.29, 0.717) is 10.5 Å². The summed E-state index contributed by atoms with van der Waals surface area (Å²) in [7, 11) is 2.40. The summed E-state index contributed by atoms with van der Waals surface area (Å²) in [5.41, 5.74) is 0.535. The van der Waals surface area contributed by atoms with E-state index in [4.69, 9.17) is 0 Å². The van der Waals surface area contributed by atoms with E-state index in [-0.39, 0.29) is 11.5 Å². The molecular formula is C11H12N2O7S2. The Labute approximate surface area is 133 Å². The van der Waals surface area contributed by atoms with Crippen LogP contribution in [0.1, 0.15) is 17.3 Å². The van der Waals surface area contributed by atoms with Gasteiger partial charge in [0.15, 0.2) is 5.78 Å². The SMILES string of the molecule is CC(=O)c1ccccc1SSCC(CO[N+](=O)[O-])O[N+](=O)[O-]. The standard InChI is InChI=1S/C11H12N2O7S2/c1-8(14)10-4-2-3-5-11(10)22-21-7-9(20-13(17)18)6-19-12(15)16/h2-5,9H,6-7H2,1H3. The quantitative estimate of drug-likeness (QED) is 0.271. The molecule has 22 heavy (non-hydrogen) atoms. The Morgan fingerprint density at radius 2 is 1.95 bits per heavy atom. The molecule has 0 aliphatic rings. The maximum atomic E-state index is 11.5. The molecule has 0 saturated carbocycles. The van der Waals surface area contributed by atoms with Crippen LogP contribution in [-0.4, -0.2) is 34.4 Å². The van der Waals surface area contributed by atoms with Crippen LogP contribution in [0.2, 0.25) is 0 Å². The first-order chi connectivity index (χ1) is 10.4. The molecule has 1 rings (SSSR count). The third-order valence-corrected chi connectivity index (χ3v) is 4.73. The number of hydrogen-bond donors (Lipinski definition) is 0. The van der Waals surface area contributed by atoms with Crippen molar-refractivity contribution in [3.05, 3.63) is 50.1 Å². The van der Waals surface area contributed by atoms with Crippen LogP contribution in [0.5, 0.6) is 0 Å². The first-order valence-corrected chi connectivity index (χ1v) is 8.20.